The minimum Gasteiger partial charge on any atom is -0.481 e. The van der Waals surface area contributed by atoms with E-state index in [0.29, 0.717) is 12.5 Å². The molecule has 0 radical (unpaired) electrons. The van der Waals surface area contributed by atoms with Crippen LogP contribution in [-0.4, -0.2) is 42.9 Å². The summed E-state index contributed by atoms with van der Waals surface area (Å²) < 4.78 is 5.05. The van der Waals surface area contributed by atoms with Crippen LogP contribution < -0.4 is 10.6 Å². The van der Waals surface area contributed by atoms with E-state index in [1.807, 2.05) is 0 Å². The third kappa shape index (κ3) is 4.60. The van der Waals surface area contributed by atoms with E-state index in [2.05, 4.69) is 24.5 Å². The smallest absolute Gasteiger partial charge is 0.315 e. The number of carboxylic acid groups (broad SMARTS) is 1. The van der Waals surface area contributed by atoms with Crippen LogP contribution in [0.4, 0.5) is 4.79 Å². The number of carbonyl (C=O) groups excluding carboxylic acids is 1. The number of nitrogens with one attached hydrogen (secondary N) is 2. The molecule has 1 aliphatic rings. The summed E-state index contributed by atoms with van der Waals surface area (Å²) in [6.07, 6.45) is 0.900. The van der Waals surface area contributed by atoms with E-state index in [-0.39, 0.29) is 19.2 Å². The van der Waals surface area contributed by atoms with Crippen LogP contribution in [0.5, 0.6) is 0 Å². The Kier molecular flexibility index (Phi) is 5.21. The summed E-state index contributed by atoms with van der Waals surface area (Å²) in [6, 6.07) is -0.765. The lowest BCUT2D eigenvalue weighted by Crippen LogP contribution is -2.47. The van der Waals surface area contributed by atoms with E-state index >= 15 is 0 Å². The molecule has 0 aromatic carbocycles. The summed E-state index contributed by atoms with van der Waals surface area (Å²) in [5.74, 6) is -1.06. The Morgan fingerprint density at radius 1 is 1.41 bits per heavy atom. The molecular formula is C11H20N2O4. The Labute approximate surface area is 101 Å². The van der Waals surface area contributed by atoms with Crippen LogP contribution in [0.15, 0.2) is 0 Å². The Balaban J connectivity index is 2.28. The van der Waals surface area contributed by atoms with Crippen molar-refractivity contribution >= 4 is 12.0 Å². The largest absolute Gasteiger partial charge is 0.481 e. The van der Waals surface area contributed by atoms with Crippen LogP contribution >= 0.6 is 0 Å². The Bertz CT molecular complexity index is 281. The molecule has 6 heteroatoms. The van der Waals surface area contributed by atoms with Crippen LogP contribution in [0.25, 0.3) is 0 Å². The molecule has 1 fully saturated rings. The molecule has 2 unspecified atom stereocenters. The number of urea groups is 1. The van der Waals surface area contributed by atoms with Crippen LogP contribution in [0.3, 0.4) is 0 Å². The maximum absolute atomic E-state index is 11.5. The first-order valence-electron chi connectivity index (χ1n) is 5.85. The van der Waals surface area contributed by atoms with Gasteiger partial charge in [-0.3, -0.25) is 4.79 Å². The van der Waals surface area contributed by atoms with Crippen molar-refractivity contribution < 1.29 is 19.4 Å². The van der Waals surface area contributed by atoms with Crippen molar-refractivity contribution in [3.8, 4) is 0 Å². The SMILES string of the molecule is CC(C)CCNC(=O)NC1COCC1C(=O)O. The van der Waals surface area contributed by atoms with E-state index < -0.39 is 17.9 Å². The molecule has 1 rings (SSSR count). The van der Waals surface area contributed by atoms with Crippen molar-refractivity contribution in [3.63, 3.8) is 0 Å². The van der Waals surface area contributed by atoms with Gasteiger partial charge in [0.05, 0.1) is 19.3 Å². The quantitative estimate of drug-likeness (QED) is 0.654. The number of amides is 2. The van der Waals surface area contributed by atoms with Crippen LogP contribution in [0.1, 0.15) is 20.3 Å². The summed E-state index contributed by atoms with van der Waals surface area (Å²) in [6.45, 7) is 5.16. The molecule has 0 bridgehead atoms. The molecule has 98 valence electrons. The molecule has 1 aliphatic heterocycles. The maximum Gasteiger partial charge on any atom is 0.315 e. The van der Waals surface area contributed by atoms with Gasteiger partial charge in [0.15, 0.2) is 0 Å². The van der Waals surface area contributed by atoms with Gasteiger partial charge in [0.25, 0.3) is 0 Å². The van der Waals surface area contributed by atoms with Crippen LogP contribution in [0.2, 0.25) is 0 Å². The Hall–Kier alpha value is -1.30. The highest BCUT2D eigenvalue weighted by Gasteiger charge is 2.34. The molecule has 0 aliphatic carbocycles. The molecule has 1 saturated heterocycles. The molecule has 3 N–H and O–H groups in total. The van der Waals surface area contributed by atoms with Gasteiger partial charge in [-0.05, 0) is 12.3 Å². The second-order valence-corrected chi connectivity index (χ2v) is 4.67. The third-order valence-electron chi connectivity index (χ3n) is 2.72. The summed E-state index contributed by atoms with van der Waals surface area (Å²) in [5.41, 5.74) is 0. The topological polar surface area (TPSA) is 87.7 Å². The highest BCUT2D eigenvalue weighted by atomic mass is 16.5. The lowest BCUT2D eigenvalue weighted by atomic mass is 10.0. The zero-order chi connectivity index (χ0) is 12.8. The average Bonchev–Trinajstić information content (AvgIpc) is 2.65. The van der Waals surface area contributed by atoms with E-state index in [1.54, 1.807) is 0 Å². The summed E-state index contributed by atoms with van der Waals surface area (Å²) in [5, 5.41) is 14.2. The van der Waals surface area contributed by atoms with Crippen LogP contribution in [0, 0.1) is 11.8 Å². The van der Waals surface area contributed by atoms with E-state index in [1.165, 1.54) is 0 Å². The predicted molar refractivity (Wildman–Crippen MR) is 61.7 cm³/mol. The number of rotatable bonds is 5. The summed E-state index contributed by atoms with van der Waals surface area (Å²) in [4.78, 5) is 22.3. The first kappa shape index (κ1) is 13.8. The zero-order valence-corrected chi connectivity index (χ0v) is 10.2. The Morgan fingerprint density at radius 2 is 2.12 bits per heavy atom. The molecule has 2 amide bonds. The fourth-order valence-electron chi connectivity index (χ4n) is 1.63. The fraction of sp³-hybridized carbons (Fsp3) is 0.818. The number of hydrogen-bond donors (Lipinski definition) is 3. The first-order valence-corrected chi connectivity index (χ1v) is 5.85. The molecule has 0 aromatic heterocycles. The fourth-order valence-corrected chi connectivity index (χ4v) is 1.63. The second-order valence-electron chi connectivity index (χ2n) is 4.67. The molecule has 2 atom stereocenters. The molecule has 17 heavy (non-hydrogen) atoms. The monoisotopic (exact) mass is 244 g/mol. The van der Waals surface area contributed by atoms with Gasteiger partial charge in [0.2, 0.25) is 0 Å². The van der Waals surface area contributed by atoms with Gasteiger partial charge >= 0.3 is 12.0 Å². The number of hydrogen-bond acceptors (Lipinski definition) is 3. The summed E-state index contributed by atoms with van der Waals surface area (Å²) in [7, 11) is 0. The van der Waals surface area contributed by atoms with Gasteiger partial charge in [-0.2, -0.15) is 0 Å². The predicted octanol–water partition coefficient (Wildman–Crippen LogP) is 0.431. The summed E-state index contributed by atoms with van der Waals surface area (Å²) >= 11 is 0. The van der Waals surface area contributed by atoms with E-state index in [4.69, 9.17) is 9.84 Å². The lowest BCUT2D eigenvalue weighted by molar-refractivity contribution is -0.142. The molecule has 0 aromatic rings. The lowest BCUT2D eigenvalue weighted by Gasteiger charge is -2.16. The minimum atomic E-state index is -0.935. The van der Waals surface area contributed by atoms with E-state index in [9.17, 15) is 9.59 Å². The molecule has 1 heterocycles. The second kappa shape index (κ2) is 6.44. The van der Waals surface area contributed by atoms with Gasteiger partial charge < -0.3 is 20.5 Å². The molecule has 0 saturated carbocycles. The van der Waals surface area contributed by atoms with E-state index in [0.717, 1.165) is 6.42 Å². The number of carboxylic acids is 1. The van der Waals surface area contributed by atoms with Crippen molar-refractivity contribution in [2.24, 2.45) is 11.8 Å². The van der Waals surface area contributed by atoms with Gasteiger partial charge in [0, 0.05) is 6.54 Å². The van der Waals surface area contributed by atoms with Gasteiger partial charge in [-0.25, -0.2) is 4.79 Å². The van der Waals surface area contributed by atoms with Crippen molar-refractivity contribution in [1.82, 2.24) is 10.6 Å². The van der Waals surface area contributed by atoms with Crippen LogP contribution in [-0.2, 0) is 9.53 Å². The van der Waals surface area contributed by atoms with Gasteiger partial charge in [0.1, 0.15) is 5.92 Å². The highest BCUT2D eigenvalue weighted by molar-refractivity contribution is 5.77. The molecule has 0 spiro atoms. The molecule has 6 nitrogen and oxygen atoms in total. The third-order valence-corrected chi connectivity index (χ3v) is 2.72. The zero-order valence-electron chi connectivity index (χ0n) is 10.2. The first-order chi connectivity index (χ1) is 8.00. The van der Waals surface area contributed by atoms with Crippen molar-refractivity contribution in [2.45, 2.75) is 26.3 Å². The normalized spacial score (nSPS) is 23.7. The van der Waals surface area contributed by atoms with Crippen molar-refractivity contribution in [2.75, 3.05) is 19.8 Å². The number of aliphatic carboxylic acids is 1. The Morgan fingerprint density at radius 3 is 2.71 bits per heavy atom. The highest BCUT2D eigenvalue weighted by Crippen LogP contribution is 2.13. The van der Waals surface area contributed by atoms with Crippen molar-refractivity contribution in [3.05, 3.63) is 0 Å². The minimum absolute atomic E-state index is 0.159. The van der Waals surface area contributed by atoms with Gasteiger partial charge in [-0.1, -0.05) is 13.8 Å². The number of ether oxygens (including phenoxy) is 1. The number of carbonyl (C=O) groups is 2. The molecular weight excluding hydrogens is 224 g/mol. The van der Waals surface area contributed by atoms with Gasteiger partial charge in [-0.15, -0.1) is 0 Å². The van der Waals surface area contributed by atoms with Crippen molar-refractivity contribution in [1.29, 1.82) is 0 Å². The maximum atomic E-state index is 11.5. The standard InChI is InChI=1S/C11H20N2O4/c1-7(2)3-4-12-11(16)13-9-6-17-5-8(9)10(14)15/h7-9H,3-6H2,1-2H3,(H,14,15)(H2,12,13,16). The average molecular weight is 244 g/mol.